The Morgan fingerprint density at radius 3 is 2.55 bits per heavy atom. The maximum atomic E-state index is 13.2. The van der Waals surface area contributed by atoms with Gasteiger partial charge in [-0.05, 0) is 37.5 Å². The van der Waals surface area contributed by atoms with Crippen LogP contribution >= 0.6 is 0 Å². The summed E-state index contributed by atoms with van der Waals surface area (Å²) in [5.74, 6) is -1.67. The number of carboxylic acid groups (broad SMARTS) is 1. The summed E-state index contributed by atoms with van der Waals surface area (Å²) < 4.78 is 34.1. The number of nitrogens with one attached hydrogen (secondary N) is 4. The molecule has 1 saturated heterocycles. The molecule has 2 aliphatic rings. The van der Waals surface area contributed by atoms with E-state index in [0.717, 1.165) is 11.1 Å². The molecular weight excluding hydrogens is 630 g/mol. The second kappa shape index (κ2) is 13.8. The molecule has 2 unspecified atom stereocenters. The second-order valence-corrected chi connectivity index (χ2v) is 13.4. The van der Waals surface area contributed by atoms with E-state index in [0.29, 0.717) is 30.0 Å². The third-order valence-corrected chi connectivity index (χ3v) is 9.76. The van der Waals surface area contributed by atoms with Gasteiger partial charge in [0.05, 0.1) is 17.5 Å². The summed E-state index contributed by atoms with van der Waals surface area (Å²) in [7, 11) is -4.23. The first-order valence-electron chi connectivity index (χ1n) is 14.9. The molecule has 2 aliphatic heterocycles. The van der Waals surface area contributed by atoms with Crippen LogP contribution in [0.3, 0.4) is 0 Å². The molecule has 3 heterocycles. The molecule has 250 valence electrons. The monoisotopic (exact) mass is 667 g/mol. The number of imidazole rings is 1. The van der Waals surface area contributed by atoms with Crippen LogP contribution in [0.5, 0.6) is 0 Å². The molecule has 3 aromatic rings. The summed E-state index contributed by atoms with van der Waals surface area (Å²) in [4.78, 5) is 52.7. The number of nitrogens with zero attached hydrogens (tertiary/aromatic N) is 3. The lowest BCUT2D eigenvalue weighted by Crippen LogP contribution is -2.49. The maximum Gasteiger partial charge on any atom is 0.410 e. The van der Waals surface area contributed by atoms with Crippen molar-refractivity contribution < 1.29 is 37.5 Å². The van der Waals surface area contributed by atoms with Crippen LogP contribution in [0.15, 0.2) is 64.9 Å². The first-order valence-corrected chi connectivity index (χ1v) is 16.4. The number of rotatable bonds is 12. The fourth-order valence-electron chi connectivity index (χ4n) is 5.97. The van der Waals surface area contributed by atoms with Crippen LogP contribution in [0, 0.1) is 20.8 Å². The number of benzene rings is 2. The summed E-state index contributed by atoms with van der Waals surface area (Å²) in [6, 6.07) is 10.6. The first-order chi connectivity index (χ1) is 22.4. The fourth-order valence-corrected chi connectivity index (χ4v) is 7.61. The highest BCUT2D eigenvalue weighted by Gasteiger charge is 2.53. The number of carbonyl (C=O) groups is 3. The second-order valence-electron chi connectivity index (χ2n) is 11.8. The molecule has 3 atom stereocenters. The average Bonchev–Trinajstić information content (AvgIpc) is 3.77. The van der Waals surface area contributed by atoms with Gasteiger partial charge in [0.15, 0.2) is 11.5 Å². The summed E-state index contributed by atoms with van der Waals surface area (Å²) in [5, 5.41) is 19.4. The van der Waals surface area contributed by atoms with Crippen molar-refractivity contribution in [2.75, 3.05) is 25.0 Å². The Balaban J connectivity index is 1.22. The van der Waals surface area contributed by atoms with Gasteiger partial charge >= 0.3 is 12.1 Å². The van der Waals surface area contributed by atoms with Crippen molar-refractivity contribution in [3.8, 4) is 0 Å². The fraction of sp³-hybridized carbons (Fsp3) is 0.387. The largest absolute Gasteiger partial charge is 0.480 e. The van der Waals surface area contributed by atoms with Gasteiger partial charge in [-0.2, -0.15) is 4.72 Å². The molecule has 0 bridgehead atoms. The van der Waals surface area contributed by atoms with E-state index in [4.69, 9.17) is 9.57 Å². The van der Waals surface area contributed by atoms with E-state index >= 15 is 0 Å². The Labute approximate surface area is 271 Å². The molecule has 0 radical (unpaired) electrons. The molecule has 2 amide bonds. The Kier molecular flexibility index (Phi) is 9.81. The molecule has 1 spiro atoms. The number of hydrogen-bond donors (Lipinski definition) is 5. The normalized spacial score (nSPS) is 19.6. The third-order valence-electron chi connectivity index (χ3n) is 7.99. The number of aryl methyl sites for hydroxylation is 3. The zero-order valence-corrected chi connectivity index (χ0v) is 27.0. The van der Waals surface area contributed by atoms with Crippen LogP contribution in [0.25, 0.3) is 0 Å². The van der Waals surface area contributed by atoms with Crippen LogP contribution in [0.2, 0.25) is 0 Å². The lowest BCUT2D eigenvalue weighted by Gasteiger charge is -2.24. The highest BCUT2D eigenvalue weighted by molar-refractivity contribution is 7.89. The van der Waals surface area contributed by atoms with Gasteiger partial charge in [0.25, 0.3) is 5.91 Å². The van der Waals surface area contributed by atoms with Gasteiger partial charge < -0.3 is 30.3 Å². The molecule has 5 rings (SSSR count). The molecule has 16 heteroatoms. The minimum absolute atomic E-state index is 0.0136. The van der Waals surface area contributed by atoms with Crippen LogP contribution < -0.4 is 15.4 Å². The van der Waals surface area contributed by atoms with Crippen molar-refractivity contribution in [1.29, 1.82) is 0 Å². The van der Waals surface area contributed by atoms with Gasteiger partial charge in [-0.25, -0.2) is 18.2 Å². The minimum atomic E-state index is -4.23. The molecule has 15 nitrogen and oxygen atoms in total. The van der Waals surface area contributed by atoms with Gasteiger partial charge in [0.1, 0.15) is 18.4 Å². The molecule has 1 fully saturated rings. The molecule has 5 N–H and O–H groups in total. The van der Waals surface area contributed by atoms with E-state index in [-0.39, 0.29) is 30.2 Å². The Morgan fingerprint density at radius 2 is 1.89 bits per heavy atom. The number of anilines is 1. The number of oxime groups is 1. The average molecular weight is 668 g/mol. The number of H-pyrrole nitrogens is 1. The molecule has 1 aromatic heterocycles. The van der Waals surface area contributed by atoms with Crippen molar-refractivity contribution in [2.45, 2.75) is 62.8 Å². The van der Waals surface area contributed by atoms with Gasteiger partial charge in [-0.1, -0.05) is 53.2 Å². The minimum Gasteiger partial charge on any atom is -0.480 e. The van der Waals surface area contributed by atoms with Crippen molar-refractivity contribution in [2.24, 2.45) is 5.16 Å². The molecule has 47 heavy (non-hydrogen) atoms. The summed E-state index contributed by atoms with van der Waals surface area (Å²) in [6.07, 6.45) is 3.04. The van der Waals surface area contributed by atoms with E-state index in [1.54, 1.807) is 38.4 Å². The number of sulfonamides is 1. The zero-order valence-electron chi connectivity index (χ0n) is 26.1. The Bertz CT molecular complexity index is 1740. The quantitative estimate of drug-likeness (QED) is 0.191. The van der Waals surface area contributed by atoms with Crippen LogP contribution in [0.1, 0.15) is 35.1 Å². The van der Waals surface area contributed by atoms with E-state index in [9.17, 15) is 27.9 Å². The molecular formula is C31H37N7O8S. The van der Waals surface area contributed by atoms with Crippen LogP contribution in [0.4, 0.5) is 10.7 Å². The van der Waals surface area contributed by atoms with Crippen molar-refractivity contribution >= 4 is 39.7 Å². The predicted molar refractivity (Wildman–Crippen MR) is 170 cm³/mol. The Hall–Kier alpha value is -4.96. The molecule has 0 aliphatic carbocycles. The van der Waals surface area contributed by atoms with Crippen LogP contribution in [-0.4, -0.2) is 89.4 Å². The Morgan fingerprint density at radius 1 is 1.17 bits per heavy atom. The van der Waals surface area contributed by atoms with E-state index in [1.807, 2.05) is 37.3 Å². The zero-order chi connectivity index (χ0) is 33.8. The number of amides is 2. The summed E-state index contributed by atoms with van der Waals surface area (Å²) in [5.41, 5.74) is 1.59. The van der Waals surface area contributed by atoms with Crippen molar-refractivity contribution in [3.63, 3.8) is 0 Å². The van der Waals surface area contributed by atoms with Crippen molar-refractivity contribution in [1.82, 2.24) is 24.9 Å². The predicted octanol–water partition coefficient (Wildman–Crippen LogP) is 2.22. The number of carbonyl (C=O) groups excluding carboxylic acids is 2. The van der Waals surface area contributed by atoms with Crippen molar-refractivity contribution in [3.05, 3.63) is 77.1 Å². The number of aromatic amines is 1. The van der Waals surface area contributed by atoms with Gasteiger partial charge in [-0.3, -0.25) is 14.5 Å². The highest BCUT2D eigenvalue weighted by Crippen LogP contribution is 2.38. The summed E-state index contributed by atoms with van der Waals surface area (Å²) in [6.45, 7) is 5.01. The van der Waals surface area contributed by atoms with E-state index in [2.05, 4.69) is 30.5 Å². The molecule has 2 aromatic carbocycles. The smallest absolute Gasteiger partial charge is 0.410 e. The van der Waals surface area contributed by atoms with E-state index < -0.39 is 52.2 Å². The lowest BCUT2D eigenvalue weighted by atomic mass is 9.94. The third kappa shape index (κ3) is 7.89. The highest BCUT2D eigenvalue weighted by atomic mass is 32.2. The standard InChI is InChI=1S/C31H37N7O8S/c1-19-11-20(2)26(21(3)12-19)47(43,44)37-25(28(40)41)16-34-27(39)24-14-31(46-36-24)13-23(15-35-29-32-9-10-33-29)38(18-31)30(42)45-17-22-7-5-4-6-8-22/h4-12,23,25,37H,13-18H2,1-3H3,(H,34,39)(H,40,41)(H2,32,33,35)/t23?,25?,31-/m0/s1. The van der Waals surface area contributed by atoms with Gasteiger partial charge in [0, 0.05) is 38.3 Å². The number of ether oxygens (including phenoxy) is 1. The number of aromatic nitrogens is 2. The molecule has 0 saturated carbocycles. The number of hydrogen-bond acceptors (Lipinski definition) is 10. The topological polar surface area (TPSA) is 204 Å². The maximum absolute atomic E-state index is 13.2. The lowest BCUT2D eigenvalue weighted by molar-refractivity contribution is -0.138. The van der Waals surface area contributed by atoms with Gasteiger partial charge in [-0.15, -0.1) is 0 Å². The first kappa shape index (κ1) is 33.4. The van der Waals surface area contributed by atoms with Crippen LogP contribution in [-0.2, 0) is 35.8 Å². The van der Waals surface area contributed by atoms with Gasteiger partial charge in [0.2, 0.25) is 10.0 Å². The number of likely N-dealkylation sites (tertiary alicyclic amines) is 1. The van der Waals surface area contributed by atoms with E-state index in [1.165, 1.54) is 4.90 Å². The summed E-state index contributed by atoms with van der Waals surface area (Å²) >= 11 is 0. The number of aliphatic carboxylic acids is 1. The SMILES string of the molecule is Cc1cc(C)c(S(=O)(=O)NC(CNC(=O)C2=NO[C@]3(C2)CC(CNc2ncc[nH]2)N(C(=O)OCc2ccccc2)C3)C(=O)O)c(C)c1. The number of carboxylic acids is 1.